The van der Waals surface area contributed by atoms with Gasteiger partial charge in [0.2, 0.25) is 0 Å². The second kappa shape index (κ2) is 9.17. The van der Waals surface area contributed by atoms with E-state index in [4.69, 9.17) is 23.2 Å². The first-order valence-electron chi connectivity index (χ1n) is 9.01. The molecule has 1 aliphatic carbocycles. The van der Waals surface area contributed by atoms with Crippen LogP contribution in [0.2, 0.25) is 10.0 Å². The molecule has 28 heavy (non-hydrogen) atoms. The van der Waals surface area contributed by atoms with Crippen molar-refractivity contribution < 1.29 is 14.7 Å². The van der Waals surface area contributed by atoms with Crippen LogP contribution in [0.15, 0.2) is 42.5 Å². The Bertz CT molecular complexity index is 855. The number of halogens is 2. The molecule has 2 aromatic rings. The van der Waals surface area contributed by atoms with Crippen molar-refractivity contribution >= 4 is 40.9 Å². The molecule has 3 rings (SSSR count). The molecule has 0 aromatic heterocycles. The van der Waals surface area contributed by atoms with Crippen molar-refractivity contribution in [3.63, 3.8) is 0 Å². The van der Waals surface area contributed by atoms with Crippen molar-refractivity contribution in [1.29, 1.82) is 0 Å². The Hall–Kier alpha value is -2.44. The van der Waals surface area contributed by atoms with E-state index < -0.39 is 18.0 Å². The fraction of sp³-hybridized carbons (Fsp3) is 0.300. The molecule has 2 amide bonds. The monoisotopic (exact) mass is 421 g/mol. The Morgan fingerprint density at radius 1 is 1.11 bits per heavy atom. The van der Waals surface area contributed by atoms with Crippen molar-refractivity contribution in [1.82, 2.24) is 10.6 Å². The Morgan fingerprint density at radius 2 is 1.82 bits per heavy atom. The molecule has 0 aliphatic heterocycles. The summed E-state index contributed by atoms with van der Waals surface area (Å²) in [5, 5.41) is 18.4. The van der Waals surface area contributed by atoms with Crippen molar-refractivity contribution in [2.75, 3.05) is 11.9 Å². The number of fused-ring (bicyclic) bond motifs is 1. The lowest BCUT2D eigenvalue weighted by molar-refractivity contribution is -0.137. The summed E-state index contributed by atoms with van der Waals surface area (Å²) in [6.45, 7) is -0.128. The molecule has 0 unspecified atom stereocenters. The lowest BCUT2D eigenvalue weighted by atomic mass is 9.88. The van der Waals surface area contributed by atoms with Gasteiger partial charge in [-0.3, -0.25) is 0 Å². The third kappa shape index (κ3) is 4.88. The minimum atomic E-state index is -1.13. The van der Waals surface area contributed by atoms with Gasteiger partial charge in [-0.1, -0.05) is 53.5 Å². The Kier molecular flexibility index (Phi) is 6.65. The first-order chi connectivity index (χ1) is 13.5. The third-order valence-corrected chi connectivity index (χ3v) is 5.35. The lowest BCUT2D eigenvalue weighted by Crippen LogP contribution is -2.46. The van der Waals surface area contributed by atoms with Gasteiger partial charge in [-0.2, -0.15) is 0 Å². The van der Waals surface area contributed by atoms with Crippen LogP contribution in [0, 0.1) is 0 Å². The number of benzene rings is 2. The highest BCUT2D eigenvalue weighted by atomic mass is 35.5. The molecule has 6 nitrogen and oxygen atoms in total. The number of carboxylic acids is 1. The van der Waals surface area contributed by atoms with Crippen molar-refractivity contribution in [2.24, 2.45) is 0 Å². The minimum absolute atomic E-state index is 0.0841. The van der Waals surface area contributed by atoms with Gasteiger partial charge in [0.25, 0.3) is 0 Å². The Balaban J connectivity index is 1.60. The van der Waals surface area contributed by atoms with E-state index in [1.54, 1.807) is 18.2 Å². The maximum atomic E-state index is 12.3. The van der Waals surface area contributed by atoms with E-state index in [0.29, 0.717) is 15.7 Å². The molecule has 0 bridgehead atoms. The van der Waals surface area contributed by atoms with Crippen LogP contribution in [0.25, 0.3) is 0 Å². The van der Waals surface area contributed by atoms with E-state index in [1.807, 2.05) is 18.2 Å². The van der Waals surface area contributed by atoms with Gasteiger partial charge in [0.15, 0.2) is 0 Å². The van der Waals surface area contributed by atoms with Crippen LogP contribution in [0.1, 0.15) is 30.0 Å². The lowest BCUT2D eigenvalue weighted by Gasteiger charge is -2.26. The number of carbonyl (C=O) groups is 2. The predicted octanol–water partition coefficient (Wildman–Crippen LogP) is 4.24. The summed E-state index contributed by atoms with van der Waals surface area (Å²) in [7, 11) is 0. The molecule has 4 N–H and O–H groups in total. The highest BCUT2D eigenvalue weighted by Gasteiger charge is 2.23. The molecule has 8 heteroatoms. The van der Waals surface area contributed by atoms with Crippen LogP contribution in [0.5, 0.6) is 0 Å². The summed E-state index contributed by atoms with van der Waals surface area (Å²) in [4.78, 5) is 23.9. The molecule has 2 atom stereocenters. The fourth-order valence-corrected chi connectivity index (χ4v) is 3.82. The number of carbonyl (C=O) groups excluding carboxylic acids is 1. The molecule has 0 fully saturated rings. The zero-order valence-electron chi connectivity index (χ0n) is 15.0. The molecular formula is C20H21Cl2N3O3. The van der Waals surface area contributed by atoms with E-state index in [1.165, 1.54) is 5.56 Å². The van der Waals surface area contributed by atoms with Crippen LogP contribution in [-0.2, 0) is 11.2 Å². The summed E-state index contributed by atoms with van der Waals surface area (Å²) < 4.78 is 0. The summed E-state index contributed by atoms with van der Waals surface area (Å²) in [6, 6.07) is 11.3. The van der Waals surface area contributed by atoms with E-state index >= 15 is 0 Å². The number of carboxylic acid groups (broad SMARTS) is 1. The van der Waals surface area contributed by atoms with Crippen LogP contribution < -0.4 is 16.0 Å². The van der Waals surface area contributed by atoms with Crippen LogP contribution in [0.3, 0.4) is 0 Å². The number of aliphatic carboxylic acids is 1. The van der Waals surface area contributed by atoms with E-state index in [2.05, 4.69) is 22.0 Å². The van der Waals surface area contributed by atoms with Gasteiger partial charge < -0.3 is 21.1 Å². The average Bonchev–Trinajstić information content (AvgIpc) is 2.67. The summed E-state index contributed by atoms with van der Waals surface area (Å²) >= 11 is 12.2. The van der Waals surface area contributed by atoms with Crippen LogP contribution >= 0.6 is 23.2 Å². The smallest absolute Gasteiger partial charge is 0.327 e. The van der Waals surface area contributed by atoms with Crippen molar-refractivity contribution in [3.05, 3.63) is 63.6 Å². The molecule has 0 saturated heterocycles. The molecule has 0 radical (unpaired) electrons. The largest absolute Gasteiger partial charge is 0.480 e. The molecular weight excluding hydrogens is 401 g/mol. The molecule has 0 saturated carbocycles. The SMILES string of the molecule is O=C(NC[C@H](Nc1c(Cl)cccc1Cl)C(=O)O)N[C@H]1CCCc2ccccc21. The fourth-order valence-electron chi connectivity index (χ4n) is 3.32. The number of nitrogens with one attached hydrogen (secondary N) is 3. The van der Waals surface area contributed by atoms with E-state index in [-0.39, 0.29) is 12.6 Å². The van der Waals surface area contributed by atoms with Gasteiger partial charge in [-0.15, -0.1) is 0 Å². The quantitative estimate of drug-likeness (QED) is 0.561. The number of para-hydroxylation sites is 1. The van der Waals surface area contributed by atoms with Gasteiger partial charge in [0.05, 0.1) is 28.3 Å². The number of aryl methyl sites for hydroxylation is 1. The average molecular weight is 422 g/mol. The van der Waals surface area contributed by atoms with Crippen molar-refractivity contribution in [3.8, 4) is 0 Å². The predicted molar refractivity (Wildman–Crippen MR) is 110 cm³/mol. The van der Waals surface area contributed by atoms with E-state index in [9.17, 15) is 14.7 Å². The molecule has 2 aromatic carbocycles. The molecule has 1 aliphatic rings. The highest BCUT2D eigenvalue weighted by Crippen LogP contribution is 2.31. The van der Waals surface area contributed by atoms with Gasteiger partial charge in [0.1, 0.15) is 6.04 Å². The first-order valence-corrected chi connectivity index (χ1v) is 9.77. The van der Waals surface area contributed by atoms with Gasteiger partial charge in [0, 0.05) is 0 Å². The molecule has 0 spiro atoms. The number of rotatable bonds is 6. The topological polar surface area (TPSA) is 90.5 Å². The molecule has 148 valence electrons. The zero-order valence-corrected chi connectivity index (χ0v) is 16.6. The van der Waals surface area contributed by atoms with Crippen LogP contribution in [0.4, 0.5) is 10.5 Å². The summed E-state index contributed by atoms with van der Waals surface area (Å²) in [5.41, 5.74) is 2.67. The summed E-state index contributed by atoms with van der Waals surface area (Å²) in [5.74, 6) is -1.13. The number of hydrogen-bond acceptors (Lipinski definition) is 3. The number of amides is 2. The summed E-state index contributed by atoms with van der Waals surface area (Å²) in [6.07, 6.45) is 2.84. The Labute approximate surface area is 173 Å². The van der Waals surface area contributed by atoms with Gasteiger partial charge >= 0.3 is 12.0 Å². The standard InChI is InChI=1S/C20H21Cl2N3O3/c21-14-8-4-9-15(22)18(14)24-17(19(26)27)11-23-20(28)25-16-10-3-6-12-5-1-2-7-13(12)16/h1-2,4-5,7-9,16-17,24H,3,6,10-11H2,(H,26,27)(H2,23,25,28)/t16-,17-/m0/s1. The Morgan fingerprint density at radius 3 is 2.54 bits per heavy atom. The highest BCUT2D eigenvalue weighted by molar-refractivity contribution is 6.39. The maximum absolute atomic E-state index is 12.3. The number of urea groups is 1. The second-order valence-corrected chi connectivity index (χ2v) is 7.44. The van der Waals surface area contributed by atoms with Gasteiger partial charge in [-0.05, 0) is 42.5 Å². The third-order valence-electron chi connectivity index (χ3n) is 4.72. The van der Waals surface area contributed by atoms with Crippen LogP contribution in [-0.4, -0.2) is 29.7 Å². The van der Waals surface area contributed by atoms with E-state index in [0.717, 1.165) is 24.8 Å². The first kappa shape index (κ1) is 20.3. The van der Waals surface area contributed by atoms with Gasteiger partial charge in [-0.25, -0.2) is 9.59 Å². The van der Waals surface area contributed by atoms with Crippen molar-refractivity contribution in [2.45, 2.75) is 31.3 Å². The zero-order chi connectivity index (χ0) is 20.1. The molecule has 0 heterocycles. The normalized spacial score (nSPS) is 16.6. The number of anilines is 1. The number of hydrogen-bond donors (Lipinski definition) is 4. The second-order valence-electron chi connectivity index (χ2n) is 6.63. The maximum Gasteiger partial charge on any atom is 0.327 e. The minimum Gasteiger partial charge on any atom is -0.480 e.